The van der Waals surface area contributed by atoms with Gasteiger partial charge < -0.3 is 10.4 Å². The molecule has 4 nitrogen and oxygen atoms in total. The summed E-state index contributed by atoms with van der Waals surface area (Å²) < 4.78 is 0. The summed E-state index contributed by atoms with van der Waals surface area (Å²) in [5.74, 6) is -1.02. The molecule has 1 amide bonds. The molecule has 0 radical (unpaired) electrons. The molecule has 0 bridgehead atoms. The molecule has 0 aromatic heterocycles. The highest BCUT2D eigenvalue weighted by Gasteiger charge is 2.27. The summed E-state index contributed by atoms with van der Waals surface area (Å²) in [5.41, 5.74) is -0.611. The fraction of sp³-hybridized carbons (Fsp3) is 0.875. The van der Waals surface area contributed by atoms with Crippen LogP contribution < -0.4 is 5.32 Å². The number of carbonyl (C=O) groups is 2. The second kappa shape index (κ2) is 10.7. The molecule has 1 atom stereocenters. The fourth-order valence-corrected chi connectivity index (χ4v) is 2.60. The molecule has 0 aliphatic rings. The third-order valence-corrected chi connectivity index (χ3v) is 3.60. The van der Waals surface area contributed by atoms with E-state index in [0.29, 0.717) is 0 Å². The van der Waals surface area contributed by atoms with Crippen LogP contribution in [-0.2, 0) is 9.59 Å². The highest BCUT2D eigenvalue weighted by molar-refractivity contribution is 5.75. The standard InChI is InChI=1S/C16H31NO3/c1-4-5-6-7-8-9-10-11-12-16(3,13-15(19)20)17-14(2)18/h4-13H2,1-3H3,(H,17,18)(H,19,20)/t16-/m0/s1. The van der Waals surface area contributed by atoms with E-state index < -0.39 is 11.5 Å². The van der Waals surface area contributed by atoms with Crippen molar-refractivity contribution >= 4 is 11.9 Å². The Morgan fingerprint density at radius 2 is 1.50 bits per heavy atom. The number of hydrogen-bond donors (Lipinski definition) is 2. The summed E-state index contributed by atoms with van der Waals surface area (Å²) >= 11 is 0. The molecule has 20 heavy (non-hydrogen) atoms. The first-order valence-electron chi connectivity index (χ1n) is 7.90. The van der Waals surface area contributed by atoms with Crippen LogP contribution in [0, 0.1) is 0 Å². The van der Waals surface area contributed by atoms with Gasteiger partial charge in [-0.15, -0.1) is 0 Å². The molecule has 118 valence electrons. The Balaban J connectivity index is 3.85. The Labute approximate surface area is 123 Å². The van der Waals surface area contributed by atoms with E-state index in [1.54, 1.807) is 0 Å². The largest absolute Gasteiger partial charge is 0.481 e. The highest BCUT2D eigenvalue weighted by Crippen LogP contribution is 2.20. The number of nitrogens with one attached hydrogen (secondary N) is 1. The Morgan fingerprint density at radius 1 is 1.00 bits per heavy atom. The maximum atomic E-state index is 11.2. The van der Waals surface area contributed by atoms with Crippen molar-refractivity contribution in [3.05, 3.63) is 0 Å². The number of unbranched alkanes of at least 4 members (excludes halogenated alkanes) is 7. The van der Waals surface area contributed by atoms with Gasteiger partial charge >= 0.3 is 5.97 Å². The van der Waals surface area contributed by atoms with E-state index in [9.17, 15) is 9.59 Å². The zero-order chi connectivity index (χ0) is 15.4. The molecular formula is C16H31NO3. The van der Waals surface area contributed by atoms with Gasteiger partial charge in [-0.3, -0.25) is 9.59 Å². The van der Waals surface area contributed by atoms with Gasteiger partial charge in [0, 0.05) is 12.5 Å². The summed E-state index contributed by atoms with van der Waals surface area (Å²) in [6.07, 6.45) is 10.5. The third kappa shape index (κ3) is 10.8. The first kappa shape index (κ1) is 18.9. The first-order valence-corrected chi connectivity index (χ1v) is 7.90. The second-order valence-corrected chi connectivity index (χ2v) is 6.04. The summed E-state index contributed by atoms with van der Waals surface area (Å²) in [7, 11) is 0. The smallest absolute Gasteiger partial charge is 0.305 e. The van der Waals surface area contributed by atoms with Crippen molar-refractivity contribution in [3.63, 3.8) is 0 Å². The van der Waals surface area contributed by atoms with E-state index >= 15 is 0 Å². The van der Waals surface area contributed by atoms with Gasteiger partial charge in [-0.25, -0.2) is 0 Å². The molecule has 4 heteroatoms. The van der Waals surface area contributed by atoms with E-state index in [1.165, 1.54) is 45.4 Å². The van der Waals surface area contributed by atoms with E-state index in [2.05, 4.69) is 12.2 Å². The van der Waals surface area contributed by atoms with Gasteiger partial charge in [0.05, 0.1) is 6.42 Å². The quantitative estimate of drug-likeness (QED) is 0.535. The number of hydrogen-bond acceptors (Lipinski definition) is 2. The SMILES string of the molecule is CCCCCCCCCC[C@@](C)(CC(=O)O)NC(C)=O. The molecule has 0 aromatic rings. The van der Waals surface area contributed by atoms with Crippen LogP contribution in [0.4, 0.5) is 0 Å². The number of carboxylic acids is 1. The van der Waals surface area contributed by atoms with Gasteiger partial charge in [0.1, 0.15) is 0 Å². The van der Waals surface area contributed by atoms with Crippen LogP contribution in [0.2, 0.25) is 0 Å². The van der Waals surface area contributed by atoms with E-state index in [0.717, 1.165) is 19.3 Å². The van der Waals surface area contributed by atoms with Gasteiger partial charge in [-0.1, -0.05) is 58.3 Å². The van der Waals surface area contributed by atoms with Crippen molar-refractivity contribution in [2.75, 3.05) is 0 Å². The van der Waals surface area contributed by atoms with Crippen LogP contribution in [-0.4, -0.2) is 22.5 Å². The van der Waals surface area contributed by atoms with Crippen molar-refractivity contribution in [1.82, 2.24) is 5.32 Å². The predicted octanol–water partition coefficient (Wildman–Crippen LogP) is 3.89. The van der Waals surface area contributed by atoms with E-state index in [4.69, 9.17) is 5.11 Å². The van der Waals surface area contributed by atoms with Gasteiger partial charge in [-0.05, 0) is 13.3 Å². The number of carbonyl (C=O) groups excluding carboxylic acids is 1. The summed E-state index contributed by atoms with van der Waals surface area (Å²) in [4.78, 5) is 22.1. The minimum Gasteiger partial charge on any atom is -0.481 e. The Kier molecular flexibility index (Phi) is 10.1. The Hall–Kier alpha value is -1.06. The Morgan fingerprint density at radius 3 is 1.95 bits per heavy atom. The second-order valence-electron chi connectivity index (χ2n) is 6.04. The molecule has 0 saturated carbocycles. The minimum absolute atomic E-state index is 0.0108. The average Bonchev–Trinajstić information content (AvgIpc) is 2.30. The monoisotopic (exact) mass is 285 g/mol. The van der Waals surface area contributed by atoms with Gasteiger partial charge in [0.15, 0.2) is 0 Å². The van der Waals surface area contributed by atoms with Crippen LogP contribution >= 0.6 is 0 Å². The normalized spacial score (nSPS) is 13.8. The molecule has 0 fully saturated rings. The molecule has 2 N–H and O–H groups in total. The predicted molar refractivity (Wildman–Crippen MR) is 81.7 cm³/mol. The lowest BCUT2D eigenvalue weighted by Gasteiger charge is -2.28. The maximum Gasteiger partial charge on any atom is 0.305 e. The van der Waals surface area contributed by atoms with Crippen LogP contribution in [0.25, 0.3) is 0 Å². The molecule has 0 unspecified atom stereocenters. The maximum absolute atomic E-state index is 11.2. The molecule has 0 spiro atoms. The Bertz CT molecular complexity index is 273. The van der Waals surface area contributed by atoms with Crippen molar-refractivity contribution in [1.29, 1.82) is 0 Å². The molecule has 0 heterocycles. The lowest BCUT2D eigenvalue weighted by Crippen LogP contribution is -2.46. The van der Waals surface area contributed by atoms with Crippen LogP contribution in [0.3, 0.4) is 0 Å². The number of rotatable bonds is 12. The van der Waals surface area contributed by atoms with Crippen LogP contribution in [0.1, 0.15) is 85.0 Å². The van der Waals surface area contributed by atoms with Gasteiger partial charge in [-0.2, -0.15) is 0 Å². The van der Waals surface area contributed by atoms with Gasteiger partial charge in [0.25, 0.3) is 0 Å². The first-order chi connectivity index (χ1) is 9.39. The van der Waals surface area contributed by atoms with Crippen LogP contribution in [0.5, 0.6) is 0 Å². The van der Waals surface area contributed by atoms with Crippen molar-refractivity contribution in [2.45, 2.75) is 90.5 Å². The van der Waals surface area contributed by atoms with Crippen molar-refractivity contribution in [3.8, 4) is 0 Å². The molecular weight excluding hydrogens is 254 g/mol. The highest BCUT2D eigenvalue weighted by atomic mass is 16.4. The third-order valence-electron chi connectivity index (χ3n) is 3.60. The molecule has 0 saturated heterocycles. The van der Waals surface area contributed by atoms with E-state index in [1.807, 2.05) is 6.92 Å². The molecule has 0 aliphatic heterocycles. The number of aliphatic carboxylic acids is 1. The molecule has 0 aromatic carbocycles. The topological polar surface area (TPSA) is 66.4 Å². The van der Waals surface area contributed by atoms with Crippen molar-refractivity contribution in [2.24, 2.45) is 0 Å². The summed E-state index contributed by atoms with van der Waals surface area (Å²) in [6, 6.07) is 0. The van der Waals surface area contributed by atoms with E-state index in [-0.39, 0.29) is 12.3 Å². The number of carboxylic acid groups (broad SMARTS) is 1. The fourth-order valence-electron chi connectivity index (χ4n) is 2.60. The molecule has 0 aliphatic carbocycles. The lowest BCUT2D eigenvalue weighted by atomic mass is 9.90. The summed E-state index contributed by atoms with van der Waals surface area (Å²) in [6.45, 7) is 5.48. The zero-order valence-electron chi connectivity index (χ0n) is 13.3. The molecule has 0 rings (SSSR count). The number of amides is 1. The zero-order valence-corrected chi connectivity index (χ0v) is 13.3. The average molecular weight is 285 g/mol. The lowest BCUT2D eigenvalue weighted by molar-refractivity contribution is -0.139. The van der Waals surface area contributed by atoms with Crippen molar-refractivity contribution < 1.29 is 14.7 Å². The summed E-state index contributed by atoms with van der Waals surface area (Å²) in [5, 5.41) is 11.7. The van der Waals surface area contributed by atoms with Gasteiger partial charge in [0.2, 0.25) is 5.91 Å². The van der Waals surface area contributed by atoms with Crippen LogP contribution in [0.15, 0.2) is 0 Å². The minimum atomic E-state index is -0.860.